The van der Waals surface area contributed by atoms with Crippen LogP contribution in [0.2, 0.25) is 5.02 Å². The highest BCUT2D eigenvalue weighted by Gasteiger charge is 2.37. The highest BCUT2D eigenvalue weighted by Crippen LogP contribution is 2.37. The largest absolute Gasteiger partial charge is 0.495 e. The molecule has 0 bridgehead atoms. The third kappa shape index (κ3) is 7.87. The Kier molecular flexibility index (Phi) is 10.1. The van der Waals surface area contributed by atoms with E-state index in [9.17, 15) is 27.6 Å². The van der Waals surface area contributed by atoms with Gasteiger partial charge in [0.1, 0.15) is 24.7 Å². The molecule has 41 heavy (non-hydrogen) atoms. The maximum Gasteiger partial charge on any atom is 0.416 e. The number of amides is 3. The first kappa shape index (κ1) is 31.4. The number of nitrogens with zero attached hydrogens (tertiary/aromatic N) is 1. The number of imide groups is 1. The van der Waals surface area contributed by atoms with Crippen molar-refractivity contribution in [3.8, 4) is 11.5 Å². The number of carbonyl (C=O) groups is 3. The zero-order valence-corrected chi connectivity index (χ0v) is 26.7. The number of thioether (sulfide) groups is 1. The van der Waals surface area contributed by atoms with Gasteiger partial charge < -0.3 is 14.8 Å². The van der Waals surface area contributed by atoms with Gasteiger partial charge in [-0.2, -0.15) is 13.2 Å². The molecule has 1 aliphatic heterocycles. The molecule has 0 spiro atoms. The second kappa shape index (κ2) is 13.2. The number of benzene rings is 3. The van der Waals surface area contributed by atoms with Crippen LogP contribution in [0.15, 0.2) is 59.5 Å². The van der Waals surface area contributed by atoms with Crippen molar-refractivity contribution in [2.45, 2.75) is 12.8 Å². The third-order valence-corrected chi connectivity index (χ3v) is 8.35. The fraction of sp³-hybridized carbons (Fsp3) is 0.148. The van der Waals surface area contributed by atoms with Gasteiger partial charge in [-0.15, -0.1) is 0 Å². The van der Waals surface area contributed by atoms with Crippen LogP contribution in [0.4, 0.5) is 23.7 Å². The van der Waals surface area contributed by atoms with Gasteiger partial charge in [0.15, 0.2) is 0 Å². The molecule has 0 atom stereocenters. The lowest BCUT2D eigenvalue weighted by Gasteiger charge is -2.16. The van der Waals surface area contributed by atoms with Crippen LogP contribution in [0.5, 0.6) is 11.5 Å². The first-order valence-electron chi connectivity index (χ1n) is 11.5. The minimum Gasteiger partial charge on any atom is -0.495 e. The van der Waals surface area contributed by atoms with E-state index < -0.39 is 35.3 Å². The average Bonchev–Trinajstić information content (AvgIpc) is 3.15. The van der Waals surface area contributed by atoms with Crippen LogP contribution in [0.25, 0.3) is 6.08 Å². The van der Waals surface area contributed by atoms with Crippen molar-refractivity contribution in [3.05, 3.63) is 88.4 Å². The van der Waals surface area contributed by atoms with Gasteiger partial charge in [-0.1, -0.05) is 23.7 Å². The second-order valence-corrected chi connectivity index (χ2v) is 12.2. The summed E-state index contributed by atoms with van der Waals surface area (Å²) in [6.45, 7) is -0.357. The van der Waals surface area contributed by atoms with Crippen molar-refractivity contribution in [3.63, 3.8) is 0 Å². The number of rotatable bonds is 8. The van der Waals surface area contributed by atoms with Crippen molar-refractivity contribution in [1.82, 2.24) is 4.90 Å². The molecule has 3 amide bonds. The van der Waals surface area contributed by atoms with Crippen LogP contribution in [0, 0.1) is 7.14 Å². The number of nitrogens with one attached hydrogen (secondary N) is 1. The molecule has 1 saturated heterocycles. The Hall–Kier alpha value is -2.50. The van der Waals surface area contributed by atoms with Crippen molar-refractivity contribution in [2.75, 3.05) is 19.0 Å². The molecule has 1 fully saturated rings. The minimum atomic E-state index is -4.64. The quantitative estimate of drug-likeness (QED) is 0.184. The summed E-state index contributed by atoms with van der Waals surface area (Å²) in [5.74, 6) is -0.907. The summed E-state index contributed by atoms with van der Waals surface area (Å²) in [7, 11) is 1.24. The van der Waals surface area contributed by atoms with E-state index in [1.54, 1.807) is 24.3 Å². The van der Waals surface area contributed by atoms with E-state index in [1.807, 2.05) is 12.1 Å². The van der Waals surface area contributed by atoms with Gasteiger partial charge >= 0.3 is 6.18 Å². The fourth-order valence-electron chi connectivity index (χ4n) is 3.64. The van der Waals surface area contributed by atoms with Gasteiger partial charge in [0, 0.05) is 5.02 Å². The van der Waals surface area contributed by atoms with Crippen molar-refractivity contribution in [2.24, 2.45) is 0 Å². The summed E-state index contributed by atoms with van der Waals surface area (Å²) >= 11 is 10.8. The number of anilines is 1. The maximum atomic E-state index is 13.1. The molecular formula is C27H18ClF3I2N2O5S. The van der Waals surface area contributed by atoms with E-state index in [4.69, 9.17) is 21.1 Å². The van der Waals surface area contributed by atoms with Gasteiger partial charge in [-0.05, 0) is 117 Å². The molecule has 3 aromatic carbocycles. The predicted octanol–water partition coefficient (Wildman–Crippen LogP) is 7.83. The lowest BCUT2D eigenvalue weighted by molar-refractivity contribution is -0.137. The first-order valence-corrected chi connectivity index (χ1v) is 14.9. The fourth-order valence-corrected chi connectivity index (χ4v) is 6.73. The summed E-state index contributed by atoms with van der Waals surface area (Å²) < 4.78 is 51.9. The molecule has 1 heterocycles. The first-order chi connectivity index (χ1) is 19.3. The summed E-state index contributed by atoms with van der Waals surface area (Å²) in [6.07, 6.45) is -3.11. The van der Waals surface area contributed by atoms with Crippen LogP contribution in [-0.2, 0) is 22.4 Å². The number of alkyl halides is 3. The number of halogens is 6. The zero-order chi connectivity index (χ0) is 29.9. The Morgan fingerprint density at radius 3 is 2.34 bits per heavy atom. The lowest BCUT2D eigenvalue weighted by atomic mass is 10.1. The molecule has 4 rings (SSSR count). The van der Waals surface area contributed by atoms with Gasteiger partial charge in [0.25, 0.3) is 11.1 Å². The molecule has 14 heteroatoms. The number of hydrogen-bond acceptors (Lipinski definition) is 6. The van der Waals surface area contributed by atoms with Crippen LogP contribution < -0.4 is 14.8 Å². The highest BCUT2D eigenvalue weighted by atomic mass is 127. The van der Waals surface area contributed by atoms with Crippen LogP contribution >= 0.6 is 68.5 Å². The van der Waals surface area contributed by atoms with E-state index in [0.29, 0.717) is 34.7 Å². The Morgan fingerprint density at radius 1 is 1.07 bits per heavy atom. The predicted molar refractivity (Wildman–Crippen MR) is 167 cm³/mol. The topological polar surface area (TPSA) is 84.9 Å². The molecule has 0 saturated carbocycles. The average molecular weight is 829 g/mol. The summed E-state index contributed by atoms with van der Waals surface area (Å²) in [6, 6.07) is 13.5. The van der Waals surface area contributed by atoms with E-state index in [-0.39, 0.29) is 16.3 Å². The SMILES string of the molecule is COc1ccc(C(F)(F)F)cc1NC(=O)CN1C(=O)S/C(=C\c2cc(I)c(OCc3ccc(Cl)cc3)c(I)c2)C1=O. The van der Waals surface area contributed by atoms with Crippen LogP contribution in [0.3, 0.4) is 0 Å². The molecule has 3 aromatic rings. The molecule has 1 N–H and O–H groups in total. The van der Waals surface area contributed by atoms with Gasteiger partial charge in [0.05, 0.1) is 30.4 Å². The number of carbonyl (C=O) groups excluding carboxylic acids is 3. The molecule has 1 aliphatic rings. The Bertz CT molecular complexity index is 1530. The van der Waals surface area contributed by atoms with E-state index >= 15 is 0 Å². The normalized spacial score (nSPS) is 14.5. The van der Waals surface area contributed by atoms with E-state index in [0.717, 1.165) is 35.8 Å². The minimum absolute atomic E-state index is 0.00909. The van der Waals surface area contributed by atoms with Crippen LogP contribution in [0.1, 0.15) is 16.7 Å². The van der Waals surface area contributed by atoms with Crippen molar-refractivity contribution >= 4 is 97.4 Å². The Balaban J connectivity index is 1.45. The summed E-state index contributed by atoms with van der Waals surface area (Å²) in [5, 5.41) is 2.24. The zero-order valence-electron chi connectivity index (χ0n) is 20.9. The molecule has 0 aromatic heterocycles. The maximum absolute atomic E-state index is 13.1. The molecule has 0 radical (unpaired) electrons. The lowest BCUT2D eigenvalue weighted by Crippen LogP contribution is -2.36. The second-order valence-electron chi connectivity index (χ2n) is 8.46. The van der Waals surface area contributed by atoms with Crippen molar-refractivity contribution in [1.29, 1.82) is 0 Å². The van der Waals surface area contributed by atoms with Gasteiger partial charge in [0.2, 0.25) is 5.91 Å². The molecular weight excluding hydrogens is 811 g/mol. The monoisotopic (exact) mass is 828 g/mol. The van der Waals surface area contributed by atoms with Crippen LogP contribution in [-0.4, -0.2) is 35.6 Å². The Labute approximate surface area is 269 Å². The standard InChI is InChI=1S/C27H18ClF3I2N2O5S/c1-39-21-7-4-16(27(29,30)31)11-20(21)34-23(36)12-35-25(37)22(41-26(35)38)10-15-8-18(32)24(19(33)9-15)40-13-14-2-5-17(28)6-3-14/h2-11H,12-13H2,1H3,(H,34,36)/b22-10-. The van der Waals surface area contributed by atoms with Crippen molar-refractivity contribution < 1.29 is 37.0 Å². The van der Waals surface area contributed by atoms with Gasteiger partial charge in [-0.3, -0.25) is 19.3 Å². The molecule has 214 valence electrons. The summed E-state index contributed by atoms with van der Waals surface area (Å²) in [4.78, 5) is 39.0. The third-order valence-electron chi connectivity index (χ3n) is 5.59. The molecule has 7 nitrogen and oxygen atoms in total. The van der Waals surface area contributed by atoms with E-state index in [2.05, 4.69) is 50.5 Å². The number of methoxy groups -OCH3 is 1. The highest BCUT2D eigenvalue weighted by molar-refractivity contribution is 14.1. The van der Waals surface area contributed by atoms with Gasteiger partial charge in [-0.25, -0.2) is 0 Å². The number of hydrogen-bond donors (Lipinski definition) is 1. The Morgan fingerprint density at radius 2 is 1.73 bits per heavy atom. The molecule has 0 unspecified atom stereocenters. The van der Waals surface area contributed by atoms with E-state index in [1.165, 1.54) is 13.2 Å². The smallest absolute Gasteiger partial charge is 0.416 e. The summed E-state index contributed by atoms with van der Waals surface area (Å²) in [5.41, 5.74) is 0.348. The number of ether oxygens (including phenoxy) is 2. The molecule has 0 aliphatic carbocycles.